The molecule has 0 spiro atoms. The van der Waals surface area contributed by atoms with Gasteiger partial charge < -0.3 is 0 Å². The molecule has 0 N–H and O–H groups in total. The summed E-state index contributed by atoms with van der Waals surface area (Å²) in [4.78, 5) is 7.65. The van der Waals surface area contributed by atoms with Gasteiger partial charge in [0.2, 0.25) is 0 Å². The zero-order chi connectivity index (χ0) is 12.1. The summed E-state index contributed by atoms with van der Waals surface area (Å²) in [6.45, 7) is 8.08. The number of piperazine rings is 1. The highest BCUT2D eigenvalue weighted by Crippen LogP contribution is 2.19. The number of thiophene rings is 1. The van der Waals surface area contributed by atoms with Crippen molar-refractivity contribution in [1.82, 2.24) is 9.80 Å². The summed E-state index contributed by atoms with van der Waals surface area (Å²) < 4.78 is 0. The summed E-state index contributed by atoms with van der Waals surface area (Å²) in [6, 6.07) is 6.72. The lowest BCUT2D eigenvalue weighted by atomic mass is 10.3. The zero-order valence-corrected chi connectivity index (χ0v) is 11.2. The summed E-state index contributed by atoms with van der Waals surface area (Å²) >= 11 is 1.93. The van der Waals surface area contributed by atoms with Crippen molar-refractivity contribution in [2.24, 2.45) is 0 Å². The predicted molar refractivity (Wildman–Crippen MR) is 71.0 cm³/mol. The maximum atomic E-state index is 8.65. The highest BCUT2D eigenvalue weighted by molar-refractivity contribution is 7.11. The Balaban J connectivity index is 1.80. The van der Waals surface area contributed by atoms with Crippen molar-refractivity contribution in [3.8, 4) is 6.07 Å². The fourth-order valence-corrected chi connectivity index (χ4v) is 3.12. The van der Waals surface area contributed by atoms with E-state index in [0.29, 0.717) is 6.54 Å². The number of aryl methyl sites for hydroxylation is 1. The van der Waals surface area contributed by atoms with Crippen molar-refractivity contribution in [1.29, 1.82) is 5.26 Å². The SMILES string of the molecule is CCc1ccc(CN2CCN(CC#N)CC2)s1. The van der Waals surface area contributed by atoms with Gasteiger partial charge in [-0.05, 0) is 18.6 Å². The van der Waals surface area contributed by atoms with E-state index < -0.39 is 0 Å². The maximum Gasteiger partial charge on any atom is 0.0866 e. The van der Waals surface area contributed by atoms with Crippen LogP contribution in [0, 0.1) is 11.3 Å². The van der Waals surface area contributed by atoms with Crippen LogP contribution < -0.4 is 0 Å². The van der Waals surface area contributed by atoms with Gasteiger partial charge in [0.05, 0.1) is 12.6 Å². The molecule has 0 aliphatic carbocycles. The molecule has 0 aromatic carbocycles. The molecule has 0 atom stereocenters. The van der Waals surface area contributed by atoms with Gasteiger partial charge in [0.25, 0.3) is 0 Å². The number of hydrogen-bond acceptors (Lipinski definition) is 4. The summed E-state index contributed by atoms with van der Waals surface area (Å²) in [6.07, 6.45) is 1.14. The van der Waals surface area contributed by atoms with E-state index in [0.717, 1.165) is 39.1 Å². The largest absolute Gasteiger partial charge is 0.296 e. The first-order chi connectivity index (χ1) is 8.31. The molecule has 2 rings (SSSR count). The van der Waals surface area contributed by atoms with E-state index in [2.05, 4.69) is 34.9 Å². The van der Waals surface area contributed by atoms with Gasteiger partial charge in [-0.3, -0.25) is 9.80 Å². The van der Waals surface area contributed by atoms with Crippen LogP contribution in [0.25, 0.3) is 0 Å². The third-order valence-corrected chi connectivity index (χ3v) is 4.42. The smallest absolute Gasteiger partial charge is 0.0866 e. The Morgan fingerprint density at radius 1 is 1.18 bits per heavy atom. The molecule has 3 nitrogen and oxygen atoms in total. The van der Waals surface area contributed by atoms with Crippen LogP contribution in [0.3, 0.4) is 0 Å². The average Bonchev–Trinajstić information content (AvgIpc) is 2.80. The lowest BCUT2D eigenvalue weighted by Crippen LogP contribution is -2.45. The van der Waals surface area contributed by atoms with Gasteiger partial charge in [-0.25, -0.2) is 0 Å². The first-order valence-electron chi connectivity index (χ1n) is 6.21. The van der Waals surface area contributed by atoms with Crippen molar-refractivity contribution in [3.63, 3.8) is 0 Å². The van der Waals surface area contributed by atoms with Crippen molar-refractivity contribution in [3.05, 3.63) is 21.9 Å². The van der Waals surface area contributed by atoms with Crippen LogP contribution >= 0.6 is 11.3 Å². The van der Waals surface area contributed by atoms with E-state index in [1.807, 2.05) is 11.3 Å². The summed E-state index contributed by atoms with van der Waals surface area (Å²) in [5, 5.41) is 8.65. The zero-order valence-electron chi connectivity index (χ0n) is 10.4. The third-order valence-electron chi connectivity index (χ3n) is 3.20. The van der Waals surface area contributed by atoms with Crippen molar-refractivity contribution < 1.29 is 0 Å². The molecular formula is C13H19N3S. The monoisotopic (exact) mass is 249 g/mol. The fourth-order valence-electron chi connectivity index (χ4n) is 2.12. The topological polar surface area (TPSA) is 30.3 Å². The van der Waals surface area contributed by atoms with Crippen LogP contribution in [-0.4, -0.2) is 42.5 Å². The average molecular weight is 249 g/mol. The molecule has 1 aliphatic heterocycles. The van der Waals surface area contributed by atoms with Crippen LogP contribution in [-0.2, 0) is 13.0 Å². The standard InChI is InChI=1S/C13H19N3S/c1-2-12-3-4-13(17-12)11-16-9-7-15(6-5-14)8-10-16/h3-4H,2,6-11H2,1H3. The normalized spacial score (nSPS) is 18.1. The van der Waals surface area contributed by atoms with Crippen LogP contribution in [0.15, 0.2) is 12.1 Å². The number of rotatable bonds is 4. The lowest BCUT2D eigenvalue weighted by Gasteiger charge is -2.32. The second kappa shape index (κ2) is 6.15. The third kappa shape index (κ3) is 3.53. The van der Waals surface area contributed by atoms with Crippen LogP contribution in [0.1, 0.15) is 16.7 Å². The fraction of sp³-hybridized carbons (Fsp3) is 0.615. The minimum Gasteiger partial charge on any atom is -0.296 e. The minimum atomic E-state index is 0.576. The van der Waals surface area contributed by atoms with Crippen molar-refractivity contribution >= 4 is 11.3 Å². The summed E-state index contributed by atoms with van der Waals surface area (Å²) in [7, 11) is 0. The van der Waals surface area contributed by atoms with Crippen molar-refractivity contribution in [2.75, 3.05) is 32.7 Å². The molecule has 1 aliphatic rings. The second-order valence-corrected chi connectivity index (χ2v) is 5.68. The van der Waals surface area contributed by atoms with E-state index >= 15 is 0 Å². The number of nitrogens with zero attached hydrogens (tertiary/aromatic N) is 3. The van der Waals surface area contributed by atoms with Gasteiger partial charge in [0.1, 0.15) is 0 Å². The van der Waals surface area contributed by atoms with E-state index in [1.54, 1.807) is 0 Å². The molecule has 92 valence electrons. The van der Waals surface area contributed by atoms with Crippen LogP contribution in [0.4, 0.5) is 0 Å². The molecule has 0 bridgehead atoms. The number of hydrogen-bond donors (Lipinski definition) is 0. The molecule has 0 unspecified atom stereocenters. The Morgan fingerprint density at radius 2 is 1.82 bits per heavy atom. The lowest BCUT2D eigenvalue weighted by molar-refractivity contribution is 0.139. The summed E-state index contributed by atoms with van der Waals surface area (Å²) in [5.41, 5.74) is 0. The Kier molecular flexibility index (Phi) is 4.55. The molecule has 0 amide bonds. The summed E-state index contributed by atoms with van der Waals surface area (Å²) in [5.74, 6) is 0. The van der Waals surface area contributed by atoms with Gasteiger partial charge in [-0.1, -0.05) is 6.92 Å². The van der Waals surface area contributed by atoms with E-state index in [4.69, 9.17) is 5.26 Å². The molecule has 1 aromatic rings. The molecular weight excluding hydrogens is 230 g/mol. The van der Waals surface area contributed by atoms with Crippen LogP contribution in [0.5, 0.6) is 0 Å². The Bertz CT molecular complexity index is 386. The van der Waals surface area contributed by atoms with Gasteiger partial charge in [-0.15, -0.1) is 11.3 Å². The number of nitriles is 1. The molecule has 1 fully saturated rings. The molecule has 2 heterocycles. The van der Waals surface area contributed by atoms with Gasteiger partial charge >= 0.3 is 0 Å². The maximum absolute atomic E-state index is 8.65. The van der Waals surface area contributed by atoms with E-state index in [1.165, 1.54) is 9.75 Å². The molecule has 4 heteroatoms. The Morgan fingerprint density at radius 3 is 2.41 bits per heavy atom. The van der Waals surface area contributed by atoms with E-state index in [-0.39, 0.29) is 0 Å². The quantitative estimate of drug-likeness (QED) is 0.764. The van der Waals surface area contributed by atoms with Crippen molar-refractivity contribution in [2.45, 2.75) is 19.9 Å². The van der Waals surface area contributed by atoms with Gasteiger partial charge in [0, 0.05) is 42.5 Å². The Labute approximate surface area is 107 Å². The molecule has 0 radical (unpaired) electrons. The van der Waals surface area contributed by atoms with Crippen LogP contribution in [0.2, 0.25) is 0 Å². The van der Waals surface area contributed by atoms with Gasteiger partial charge in [0.15, 0.2) is 0 Å². The minimum absolute atomic E-state index is 0.576. The molecule has 1 saturated heterocycles. The molecule has 1 aromatic heterocycles. The van der Waals surface area contributed by atoms with Gasteiger partial charge in [-0.2, -0.15) is 5.26 Å². The molecule has 17 heavy (non-hydrogen) atoms. The Hall–Kier alpha value is -0.890. The predicted octanol–water partition coefficient (Wildman–Crippen LogP) is 1.95. The molecule has 0 saturated carbocycles. The second-order valence-electron chi connectivity index (χ2n) is 4.43. The first-order valence-corrected chi connectivity index (χ1v) is 7.02. The van der Waals surface area contributed by atoms with E-state index in [9.17, 15) is 0 Å². The highest BCUT2D eigenvalue weighted by Gasteiger charge is 2.16. The highest BCUT2D eigenvalue weighted by atomic mass is 32.1. The first kappa shape index (κ1) is 12.6.